The predicted molar refractivity (Wildman–Crippen MR) is 107 cm³/mol. The standard InChI is InChI=1S/C19H21Cl2NO2S/c1-3-24-15-9-7-14(8-10-15)13(2)22-19(23)12-25-11-16-17(20)5-4-6-18(16)21/h4-10,13H,3,11-12H2,1-2H3,(H,22,23). The van der Waals surface area contributed by atoms with Gasteiger partial charge in [0.1, 0.15) is 5.75 Å². The number of ether oxygens (including phenoxy) is 1. The van der Waals surface area contributed by atoms with Crippen LogP contribution in [0.2, 0.25) is 10.0 Å². The van der Waals surface area contributed by atoms with Crippen LogP contribution in [0, 0.1) is 0 Å². The molecular weight excluding hydrogens is 377 g/mol. The number of thioether (sulfide) groups is 1. The molecule has 25 heavy (non-hydrogen) atoms. The summed E-state index contributed by atoms with van der Waals surface area (Å²) in [5, 5.41) is 4.25. The van der Waals surface area contributed by atoms with Crippen LogP contribution in [-0.2, 0) is 10.5 Å². The van der Waals surface area contributed by atoms with Gasteiger partial charge in [0.15, 0.2) is 0 Å². The fourth-order valence-corrected chi connectivity index (χ4v) is 3.88. The van der Waals surface area contributed by atoms with Crippen molar-refractivity contribution in [1.29, 1.82) is 0 Å². The summed E-state index contributed by atoms with van der Waals surface area (Å²) in [5.41, 5.74) is 1.90. The van der Waals surface area contributed by atoms with Crippen molar-refractivity contribution in [3.05, 3.63) is 63.6 Å². The van der Waals surface area contributed by atoms with Crippen LogP contribution >= 0.6 is 35.0 Å². The Morgan fingerprint density at radius 1 is 1.16 bits per heavy atom. The Labute approximate surface area is 163 Å². The van der Waals surface area contributed by atoms with Gasteiger partial charge in [-0.15, -0.1) is 11.8 Å². The molecule has 0 aliphatic rings. The van der Waals surface area contributed by atoms with E-state index >= 15 is 0 Å². The maximum absolute atomic E-state index is 12.1. The number of benzene rings is 2. The highest BCUT2D eigenvalue weighted by molar-refractivity contribution is 7.99. The van der Waals surface area contributed by atoms with Gasteiger partial charge in [-0.2, -0.15) is 0 Å². The van der Waals surface area contributed by atoms with Crippen LogP contribution in [0.1, 0.15) is 31.0 Å². The Hall–Kier alpha value is -1.36. The first-order valence-corrected chi connectivity index (χ1v) is 9.95. The SMILES string of the molecule is CCOc1ccc(C(C)NC(=O)CSCc2c(Cl)cccc2Cl)cc1. The molecule has 0 bridgehead atoms. The fraction of sp³-hybridized carbons (Fsp3) is 0.316. The lowest BCUT2D eigenvalue weighted by Gasteiger charge is -2.15. The number of halogens is 2. The summed E-state index contributed by atoms with van der Waals surface area (Å²) in [6.45, 7) is 4.55. The third-order valence-corrected chi connectivity index (χ3v) is 5.28. The molecule has 0 heterocycles. The highest BCUT2D eigenvalue weighted by Gasteiger charge is 2.11. The molecule has 0 spiro atoms. The molecule has 1 amide bonds. The van der Waals surface area contributed by atoms with Gasteiger partial charge in [0.05, 0.1) is 18.4 Å². The number of amides is 1. The molecule has 0 fully saturated rings. The van der Waals surface area contributed by atoms with E-state index in [0.717, 1.165) is 16.9 Å². The number of carbonyl (C=O) groups excluding carboxylic acids is 1. The third kappa shape index (κ3) is 6.14. The molecule has 1 unspecified atom stereocenters. The van der Waals surface area contributed by atoms with Gasteiger partial charge in [-0.25, -0.2) is 0 Å². The van der Waals surface area contributed by atoms with Gasteiger partial charge in [0, 0.05) is 15.8 Å². The van der Waals surface area contributed by atoms with Crippen molar-refractivity contribution in [2.75, 3.05) is 12.4 Å². The van der Waals surface area contributed by atoms with Gasteiger partial charge in [0.2, 0.25) is 5.91 Å². The third-order valence-electron chi connectivity index (χ3n) is 3.61. The highest BCUT2D eigenvalue weighted by Crippen LogP contribution is 2.28. The van der Waals surface area contributed by atoms with E-state index in [1.54, 1.807) is 12.1 Å². The largest absolute Gasteiger partial charge is 0.494 e. The van der Waals surface area contributed by atoms with E-state index in [1.807, 2.05) is 44.2 Å². The zero-order valence-corrected chi connectivity index (χ0v) is 16.5. The summed E-state index contributed by atoms with van der Waals surface area (Å²) in [7, 11) is 0. The first kappa shape index (κ1) is 20.0. The first-order valence-electron chi connectivity index (χ1n) is 8.04. The average molecular weight is 398 g/mol. The van der Waals surface area contributed by atoms with E-state index in [4.69, 9.17) is 27.9 Å². The zero-order valence-electron chi connectivity index (χ0n) is 14.2. The summed E-state index contributed by atoms with van der Waals surface area (Å²) >= 11 is 13.8. The lowest BCUT2D eigenvalue weighted by molar-refractivity contribution is -0.119. The summed E-state index contributed by atoms with van der Waals surface area (Å²) in [4.78, 5) is 12.1. The minimum atomic E-state index is -0.0623. The molecular formula is C19H21Cl2NO2S. The molecule has 1 N–H and O–H groups in total. The van der Waals surface area contributed by atoms with Crippen LogP contribution in [0.15, 0.2) is 42.5 Å². The van der Waals surface area contributed by atoms with E-state index in [1.165, 1.54) is 11.8 Å². The van der Waals surface area contributed by atoms with Crippen LogP contribution < -0.4 is 10.1 Å². The van der Waals surface area contributed by atoms with Gasteiger partial charge in [-0.1, -0.05) is 41.4 Å². The van der Waals surface area contributed by atoms with Crippen molar-refractivity contribution in [3.63, 3.8) is 0 Å². The molecule has 0 aliphatic carbocycles. The smallest absolute Gasteiger partial charge is 0.230 e. The lowest BCUT2D eigenvalue weighted by atomic mass is 10.1. The minimum absolute atomic E-state index is 0.0189. The fourth-order valence-electron chi connectivity index (χ4n) is 2.30. The first-order chi connectivity index (χ1) is 12.0. The van der Waals surface area contributed by atoms with Gasteiger partial charge >= 0.3 is 0 Å². The number of rotatable bonds is 8. The number of hydrogen-bond acceptors (Lipinski definition) is 3. The normalized spacial score (nSPS) is 11.8. The maximum atomic E-state index is 12.1. The van der Waals surface area contributed by atoms with Gasteiger partial charge in [-0.3, -0.25) is 4.79 Å². The van der Waals surface area contributed by atoms with Gasteiger partial charge in [0.25, 0.3) is 0 Å². The summed E-state index contributed by atoms with van der Waals surface area (Å²) in [6, 6.07) is 13.1. The van der Waals surface area contributed by atoms with E-state index < -0.39 is 0 Å². The van der Waals surface area contributed by atoms with Crippen molar-refractivity contribution in [1.82, 2.24) is 5.32 Å². The van der Waals surface area contributed by atoms with Crippen molar-refractivity contribution < 1.29 is 9.53 Å². The molecule has 0 radical (unpaired) electrons. The summed E-state index contributed by atoms with van der Waals surface area (Å²) in [5.74, 6) is 1.76. The van der Waals surface area contributed by atoms with Crippen molar-refractivity contribution in [2.24, 2.45) is 0 Å². The van der Waals surface area contributed by atoms with Crippen LogP contribution in [0.3, 0.4) is 0 Å². The van der Waals surface area contributed by atoms with E-state index in [0.29, 0.717) is 28.2 Å². The molecule has 0 aromatic heterocycles. The Kier molecular flexibility index (Phi) is 7.94. The van der Waals surface area contributed by atoms with Crippen LogP contribution in [-0.4, -0.2) is 18.3 Å². The second kappa shape index (κ2) is 9.95. The average Bonchev–Trinajstić information content (AvgIpc) is 2.58. The molecule has 2 rings (SSSR count). The quantitative estimate of drug-likeness (QED) is 0.638. The van der Waals surface area contributed by atoms with Crippen molar-refractivity contribution in [2.45, 2.75) is 25.6 Å². The van der Waals surface area contributed by atoms with Crippen LogP contribution in [0.4, 0.5) is 0 Å². The Morgan fingerprint density at radius 2 is 1.80 bits per heavy atom. The Morgan fingerprint density at radius 3 is 2.40 bits per heavy atom. The lowest BCUT2D eigenvalue weighted by Crippen LogP contribution is -2.28. The van der Waals surface area contributed by atoms with Crippen LogP contribution in [0.25, 0.3) is 0 Å². The molecule has 0 saturated heterocycles. The molecule has 6 heteroatoms. The molecule has 2 aromatic rings. The highest BCUT2D eigenvalue weighted by atomic mass is 35.5. The second-order valence-electron chi connectivity index (χ2n) is 5.48. The van der Waals surface area contributed by atoms with E-state index in [2.05, 4.69) is 5.32 Å². The van der Waals surface area contributed by atoms with Gasteiger partial charge in [-0.05, 0) is 49.2 Å². The van der Waals surface area contributed by atoms with Gasteiger partial charge < -0.3 is 10.1 Å². The Balaban J connectivity index is 1.81. The second-order valence-corrected chi connectivity index (χ2v) is 7.28. The minimum Gasteiger partial charge on any atom is -0.494 e. The van der Waals surface area contributed by atoms with Crippen molar-refractivity contribution >= 4 is 40.9 Å². The molecule has 2 aromatic carbocycles. The van der Waals surface area contributed by atoms with E-state index in [9.17, 15) is 4.79 Å². The molecule has 0 aliphatic heterocycles. The summed E-state index contributed by atoms with van der Waals surface area (Å²) < 4.78 is 5.42. The van der Waals surface area contributed by atoms with Crippen molar-refractivity contribution in [3.8, 4) is 5.75 Å². The zero-order chi connectivity index (χ0) is 18.2. The molecule has 134 valence electrons. The number of hydrogen-bond donors (Lipinski definition) is 1. The van der Waals surface area contributed by atoms with Crippen LogP contribution in [0.5, 0.6) is 5.75 Å². The summed E-state index contributed by atoms with van der Waals surface area (Å²) in [6.07, 6.45) is 0. The van der Waals surface area contributed by atoms with E-state index in [-0.39, 0.29) is 11.9 Å². The maximum Gasteiger partial charge on any atom is 0.230 e. The molecule has 1 atom stereocenters. The topological polar surface area (TPSA) is 38.3 Å². The molecule has 0 saturated carbocycles. The Bertz CT molecular complexity index is 687. The monoisotopic (exact) mass is 397 g/mol. The number of nitrogens with one attached hydrogen (secondary N) is 1. The predicted octanol–water partition coefficient (Wildman–Crippen LogP) is 5.50. The molecule has 3 nitrogen and oxygen atoms in total. The number of carbonyl (C=O) groups is 1.